The van der Waals surface area contributed by atoms with Gasteiger partial charge in [0.05, 0.1) is 38.1 Å². The SMILES string of the molecule is CN(CC(=O)Nc1ccc(N2CCOCC2)cc1)C(=O)c1cnn(Cc2ccccc2Cl)c1. The van der Waals surface area contributed by atoms with E-state index in [4.69, 9.17) is 16.3 Å². The Kier molecular flexibility index (Phi) is 7.26. The summed E-state index contributed by atoms with van der Waals surface area (Å²) in [6.45, 7) is 3.54. The normalized spacial score (nSPS) is 13.6. The number of nitrogens with one attached hydrogen (secondary N) is 1. The van der Waals surface area contributed by atoms with Crippen LogP contribution in [0.3, 0.4) is 0 Å². The van der Waals surface area contributed by atoms with Crippen LogP contribution in [0.25, 0.3) is 0 Å². The Morgan fingerprint density at radius 2 is 1.85 bits per heavy atom. The summed E-state index contributed by atoms with van der Waals surface area (Å²) in [6.07, 6.45) is 3.16. The minimum atomic E-state index is -0.279. The summed E-state index contributed by atoms with van der Waals surface area (Å²) in [7, 11) is 1.59. The number of carbonyl (C=O) groups excluding carboxylic acids is 2. The Hall–Kier alpha value is -3.36. The van der Waals surface area contributed by atoms with Crippen LogP contribution in [0.5, 0.6) is 0 Å². The quantitative estimate of drug-likeness (QED) is 0.577. The van der Waals surface area contributed by atoms with Gasteiger partial charge in [0, 0.05) is 42.7 Å². The molecule has 2 amide bonds. The molecule has 0 spiro atoms. The highest BCUT2D eigenvalue weighted by Crippen LogP contribution is 2.19. The number of aromatic nitrogens is 2. The molecule has 33 heavy (non-hydrogen) atoms. The molecule has 0 radical (unpaired) electrons. The van der Waals surface area contributed by atoms with Gasteiger partial charge in [0.25, 0.3) is 5.91 Å². The molecule has 1 N–H and O–H groups in total. The van der Waals surface area contributed by atoms with Crippen LogP contribution in [0, 0.1) is 0 Å². The number of benzene rings is 2. The van der Waals surface area contributed by atoms with E-state index in [1.54, 1.807) is 17.9 Å². The second kappa shape index (κ2) is 10.5. The maximum atomic E-state index is 12.7. The monoisotopic (exact) mass is 467 g/mol. The minimum Gasteiger partial charge on any atom is -0.378 e. The molecule has 172 valence electrons. The zero-order valence-electron chi connectivity index (χ0n) is 18.4. The largest absolute Gasteiger partial charge is 0.378 e. The van der Waals surface area contributed by atoms with Gasteiger partial charge < -0.3 is 19.9 Å². The van der Waals surface area contributed by atoms with Crippen molar-refractivity contribution in [1.82, 2.24) is 14.7 Å². The Bertz CT molecular complexity index is 1110. The van der Waals surface area contributed by atoms with Crippen LogP contribution in [0.15, 0.2) is 60.9 Å². The van der Waals surface area contributed by atoms with Crippen LogP contribution >= 0.6 is 11.6 Å². The molecule has 0 unspecified atom stereocenters. The van der Waals surface area contributed by atoms with Crippen molar-refractivity contribution in [2.75, 3.05) is 50.1 Å². The molecule has 8 nitrogen and oxygen atoms in total. The van der Waals surface area contributed by atoms with Crippen LogP contribution in [0.1, 0.15) is 15.9 Å². The van der Waals surface area contributed by atoms with Crippen molar-refractivity contribution in [3.05, 3.63) is 77.1 Å². The number of hydrogen-bond acceptors (Lipinski definition) is 5. The third-order valence-corrected chi connectivity index (χ3v) is 5.79. The Labute approximate surface area is 197 Å². The van der Waals surface area contributed by atoms with E-state index in [0.29, 0.717) is 22.8 Å². The minimum absolute atomic E-state index is 0.0697. The standard InChI is InChI=1S/C24H26ClN5O3/c1-28(24(32)19-14-26-30(16-19)15-18-4-2-3-5-22(18)25)17-23(31)27-20-6-8-21(9-7-20)29-10-12-33-13-11-29/h2-9,14,16H,10-13,15,17H2,1H3,(H,27,31). The number of halogens is 1. The molecule has 1 aliphatic heterocycles. The fourth-order valence-corrected chi connectivity index (χ4v) is 3.84. The fraction of sp³-hybridized carbons (Fsp3) is 0.292. The molecule has 9 heteroatoms. The maximum Gasteiger partial charge on any atom is 0.257 e. The summed E-state index contributed by atoms with van der Waals surface area (Å²) >= 11 is 6.20. The average Bonchev–Trinajstić information content (AvgIpc) is 3.29. The lowest BCUT2D eigenvalue weighted by atomic mass is 10.2. The van der Waals surface area contributed by atoms with E-state index < -0.39 is 0 Å². The molecule has 0 bridgehead atoms. The van der Waals surface area contributed by atoms with E-state index in [1.807, 2.05) is 48.5 Å². The first-order chi connectivity index (χ1) is 16.0. The number of carbonyl (C=O) groups is 2. The van der Waals surface area contributed by atoms with Crippen LogP contribution in [0.2, 0.25) is 5.02 Å². The van der Waals surface area contributed by atoms with Crippen molar-refractivity contribution >= 4 is 34.8 Å². The number of anilines is 2. The van der Waals surface area contributed by atoms with Crippen molar-refractivity contribution < 1.29 is 14.3 Å². The number of hydrogen-bond donors (Lipinski definition) is 1. The predicted molar refractivity (Wildman–Crippen MR) is 128 cm³/mol. The van der Waals surface area contributed by atoms with Gasteiger partial charge in [-0.3, -0.25) is 14.3 Å². The zero-order valence-corrected chi connectivity index (χ0v) is 19.2. The molecule has 2 heterocycles. The lowest BCUT2D eigenvalue weighted by Crippen LogP contribution is -2.36. The number of morpholine rings is 1. The second-order valence-electron chi connectivity index (χ2n) is 7.87. The zero-order chi connectivity index (χ0) is 23.2. The number of likely N-dealkylation sites (N-methyl/N-ethyl adjacent to an activating group) is 1. The van der Waals surface area contributed by atoms with E-state index >= 15 is 0 Å². The van der Waals surface area contributed by atoms with Crippen LogP contribution in [-0.4, -0.2) is 66.4 Å². The molecule has 4 rings (SSSR count). The molecule has 1 aromatic heterocycles. The average molecular weight is 468 g/mol. The highest BCUT2D eigenvalue weighted by molar-refractivity contribution is 6.31. The Balaban J connectivity index is 1.30. The second-order valence-corrected chi connectivity index (χ2v) is 8.28. The van der Waals surface area contributed by atoms with Crippen LogP contribution in [0.4, 0.5) is 11.4 Å². The van der Waals surface area contributed by atoms with Gasteiger partial charge in [-0.2, -0.15) is 5.10 Å². The van der Waals surface area contributed by atoms with E-state index in [1.165, 1.54) is 11.1 Å². The molecular formula is C24H26ClN5O3. The smallest absolute Gasteiger partial charge is 0.257 e. The first kappa shape index (κ1) is 22.8. The number of ether oxygens (including phenoxy) is 1. The maximum absolute atomic E-state index is 12.7. The van der Waals surface area contributed by atoms with Gasteiger partial charge in [-0.25, -0.2) is 0 Å². The fourth-order valence-electron chi connectivity index (χ4n) is 3.65. The van der Waals surface area contributed by atoms with Crippen molar-refractivity contribution in [1.29, 1.82) is 0 Å². The van der Waals surface area contributed by atoms with Gasteiger partial charge in [0.15, 0.2) is 0 Å². The summed E-state index contributed by atoms with van der Waals surface area (Å²) in [5, 5.41) is 7.74. The number of amides is 2. The number of rotatable bonds is 7. The number of nitrogens with zero attached hydrogens (tertiary/aromatic N) is 4. The molecule has 0 atom stereocenters. The first-order valence-corrected chi connectivity index (χ1v) is 11.1. The van der Waals surface area contributed by atoms with Gasteiger partial charge in [-0.1, -0.05) is 29.8 Å². The van der Waals surface area contributed by atoms with Crippen molar-refractivity contribution in [2.24, 2.45) is 0 Å². The van der Waals surface area contributed by atoms with Gasteiger partial charge in [0.2, 0.25) is 5.91 Å². The van der Waals surface area contributed by atoms with Gasteiger partial charge in [0.1, 0.15) is 0 Å². The molecule has 1 fully saturated rings. The van der Waals surface area contributed by atoms with Gasteiger partial charge in [-0.05, 0) is 35.9 Å². The molecule has 1 saturated heterocycles. The summed E-state index contributed by atoms with van der Waals surface area (Å²) in [5.74, 6) is -0.549. The molecule has 2 aromatic carbocycles. The van der Waals surface area contributed by atoms with E-state index in [2.05, 4.69) is 15.3 Å². The summed E-state index contributed by atoms with van der Waals surface area (Å²) in [6, 6.07) is 15.2. The molecule has 0 saturated carbocycles. The topological polar surface area (TPSA) is 79.7 Å². The molecule has 3 aromatic rings. The van der Waals surface area contributed by atoms with Gasteiger partial charge >= 0.3 is 0 Å². The lowest BCUT2D eigenvalue weighted by Gasteiger charge is -2.28. The third kappa shape index (κ3) is 5.91. The van der Waals surface area contributed by atoms with Crippen molar-refractivity contribution in [3.8, 4) is 0 Å². The molecular weight excluding hydrogens is 442 g/mol. The highest BCUT2D eigenvalue weighted by atomic mass is 35.5. The first-order valence-electron chi connectivity index (χ1n) is 10.7. The van der Waals surface area contributed by atoms with Crippen LogP contribution in [-0.2, 0) is 16.1 Å². The Morgan fingerprint density at radius 1 is 1.12 bits per heavy atom. The predicted octanol–water partition coefficient (Wildman–Crippen LogP) is 3.13. The summed E-state index contributed by atoms with van der Waals surface area (Å²) in [4.78, 5) is 28.8. The van der Waals surface area contributed by atoms with Crippen molar-refractivity contribution in [3.63, 3.8) is 0 Å². The van der Waals surface area contributed by atoms with E-state index in [-0.39, 0.29) is 18.4 Å². The van der Waals surface area contributed by atoms with Gasteiger partial charge in [-0.15, -0.1) is 0 Å². The summed E-state index contributed by atoms with van der Waals surface area (Å²) < 4.78 is 7.03. The van der Waals surface area contributed by atoms with E-state index in [9.17, 15) is 9.59 Å². The lowest BCUT2D eigenvalue weighted by molar-refractivity contribution is -0.116. The summed E-state index contributed by atoms with van der Waals surface area (Å²) in [5.41, 5.74) is 3.10. The van der Waals surface area contributed by atoms with Crippen LogP contribution < -0.4 is 10.2 Å². The molecule has 0 aliphatic carbocycles. The van der Waals surface area contributed by atoms with Crippen molar-refractivity contribution in [2.45, 2.75) is 6.54 Å². The van der Waals surface area contributed by atoms with E-state index in [0.717, 1.165) is 37.6 Å². The molecule has 1 aliphatic rings. The highest BCUT2D eigenvalue weighted by Gasteiger charge is 2.17. The third-order valence-electron chi connectivity index (χ3n) is 5.43. The Morgan fingerprint density at radius 3 is 2.58 bits per heavy atom.